The number of nitrogens with zero attached hydrogens (tertiary/aromatic N) is 4. The predicted octanol–water partition coefficient (Wildman–Crippen LogP) is 9.25. The minimum Gasteiger partial charge on any atom is -0.489 e. The van der Waals surface area contributed by atoms with Gasteiger partial charge in [0.1, 0.15) is 24.0 Å². The molecule has 0 bridgehead atoms. The summed E-state index contributed by atoms with van der Waals surface area (Å²) >= 11 is 0. The van der Waals surface area contributed by atoms with E-state index in [9.17, 15) is 0 Å². The van der Waals surface area contributed by atoms with Gasteiger partial charge in [0.2, 0.25) is 0 Å². The summed E-state index contributed by atoms with van der Waals surface area (Å²) in [5, 5.41) is 0. The molecule has 1 fully saturated rings. The molecule has 6 heteroatoms. The molecule has 218 valence electrons. The van der Waals surface area contributed by atoms with E-state index >= 15 is 4.39 Å². The molecule has 4 unspecified atom stereocenters. The number of aryl methyl sites for hydroxylation is 1. The monoisotopic (exact) mass is 564 g/mol. The Bertz CT molecular complexity index is 1530. The SMILES string of the molecule is CCCC(=Nc1cc(F)c(-c2cnc(C(C)C)nc2)cc1C)C1C(C)C1C(C)c1ccccc1OCc1ccncc1. The number of hydrogen-bond acceptors (Lipinski definition) is 5. The maximum absolute atomic E-state index is 15.4. The fraction of sp³-hybridized carbons (Fsp3) is 0.389. The zero-order valence-electron chi connectivity index (χ0n) is 25.5. The Morgan fingerprint density at radius 2 is 1.74 bits per heavy atom. The maximum Gasteiger partial charge on any atom is 0.133 e. The van der Waals surface area contributed by atoms with Crippen LogP contribution >= 0.6 is 0 Å². The summed E-state index contributed by atoms with van der Waals surface area (Å²) in [5.41, 5.74) is 6.31. The molecule has 0 amide bonds. The van der Waals surface area contributed by atoms with Gasteiger partial charge < -0.3 is 4.74 Å². The summed E-state index contributed by atoms with van der Waals surface area (Å²) in [4.78, 5) is 18.1. The van der Waals surface area contributed by atoms with Crippen LogP contribution in [0.5, 0.6) is 5.75 Å². The molecule has 4 atom stereocenters. The second-order valence-electron chi connectivity index (χ2n) is 11.9. The highest BCUT2D eigenvalue weighted by atomic mass is 19.1. The van der Waals surface area contributed by atoms with Crippen molar-refractivity contribution in [1.82, 2.24) is 15.0 Å². The smallest absolute Gasteiger partial charge is 0.133 e. The summed E-state index contributed by atoms with van der Waals surface area (Å²) in [6, 6.07) is 15.8. The van der Waals surface area contributed by atoms with Crippen molar-refractivity contribution in [3.05, 3.63) is 102 Å². The van der Waals surface area contributed by atoms with Crippen molar-refractivity contribution in [3.63, 3.8) is 0 Å². The number of aliphatic imine (C=N–C) groups is 1. The van der Waals surface area contributed by atoms with E-state index in [1.165, 1.54) is 5.56 Å². The fourth-order valence-corrected chi connectivity index (χ4v) is 6.12. The molecule has 0 saturated heterocycles. The lowest BCUT2D eigenvalue weighted by Gasteiger charge is -2.18. The first-order chi connectivity index (χ1) is 20.3. The van der Waals surface area contributed by atoms with E-state index in [1.807, 2.05) is 45.0 Å². The average molecular weight is 565 g/mol. The van der Waals surface area contributed by atoms with Crippen LogP contribution in [0.3, 0.4) is 0 Å². The second kappa shape index (κ2) is 12.9. The third kappa shape index (κ3) is 6.43. The zero-order valence-corrected chi connectivity index (χ0v) is 25.5. The van der Waals surface area contributed by atoms with Crippen LogP contribution in [0.25, 0.3) is 11.1 Å². The number of halogens is 1. The van der Waals surface area contributed by atoms with E-state index in [2.05, 4.69) is 53.9 Å². The molecule has 1 aliphatic rings. The normalized spacial score (nSPS) is 19.1. The first kappa shape index (κ1) is 29.6. The number of hydrogen-bond donors (Lipinski definition) is 0. The highest BCUT2D eigenvalue weighted by Crippen LogP contribution is 2.56. The van der Waals surface area contributed by atoms with Crippen LogP contribution in [0.1, 0.15) is 81.8 Å². The number of benzene rings is 2. The average Bonchev–Trinajstić information content (AvgIpc) is 3.68. The third-order valence-electron chi connectivity index (χ3n) is 8.52. The standard InChI is InChI=1S/C36H41FN4O/c1-7-10-31(41-32-18-30(37)29(17-23(32)4)27-19-39-36(22(2)3)40-20-27)35-25(6)34(35)24(5)28-11-8-9-12-33(28)42-21-26-13-15-38-16-14-26/h8-9,11-20,22,24-25,34-35H,7,10,21H2,1-6H3. The first-order valence-electron chi connectivity index (χ1n) is 15.1. The summed E-state index contributed by atoms with van der Waals surface area (Å²) in [7, 11) is 0. The van der Waals surface area contributed by atoms with Gasteiger partial charge in [-0.3, -0.25) is 9.98 Å². The molecule has 2 aromatic carbocycles. The highest BCUT2D eigenvalue weighted by Gasteiger charge is 2.52. The van der Waals surface area contributed by atoms with Gasteiger partial charge in [-0.25, -0.2) is 14.4 Å². The van der Waals surface area contributed by atoms with Crippen LogP contribution in [-0.4, -0.2) is 20.7 Å². The largest absolute Gasteiger partial charge is 0.489 e. The van der Waals surface area contributed by atoms with Crippen molar-refractivity contribution in [1.29, 1.82) is 0 Å². The van der Waals surface area contributed by atoms with E-state index in [0.29, 0.717) is 47.1 Å². The van der Waals surface area contributed by atoms with E-state index in [1.54, 1.807) is 30.9 Å². The molecule has 2 heterocycles. The van der Waals surface area contributed by atoms with Gasteiger partial charge in [-0.1, -0.05) is 59.2 Å². The quantitative estimate of drug-likeness (QED) is 0.170. The molecule has 2 aromatic heterocycles. The van der Waals surface area contributed by atoms with Crippen LogP contribution in [0.2, 0.25) is 0 Å². The molecule has 5 rings (SSSR count). The Balaban J connectivity index is 1.37. The summed E-state index contributed by atoms with van der Waals surface area (Å²) in [5.74, 6) is 3.19. The molecule has 0 radical (unpaired) electrons. The Morgan fingerprint density at radius 1 is 1.02 bits per heavy atom. The molecular weight excluding hydrogens is 523 g/mol. The van der Waals surface area contributed by atoms with Gasteiger partial charge in [0.25, 0.3) is 0 Å². The van der Waals surface area contributed by atoms with E-state index < -0.39 is 0 Å². The van der Waals surface area contributed by atoms with E-state index in [-0.39, 0.29) is 11.7 Å². The fourth-order valence-electron chi connectivity index (χ4n) is 6.12. The molecule has 1 aliphatic carbocycles. The van der Waals surface area contributed by atoms with Crippen molar-refractivity contribution < 1.29 is 9.13 Å². The lowest BCUT2D eigenvalue weighted by Crippen LogP contribution is -2.08. The lowest BCUT2D eigenvalue weighted by atomic mass is 9.92. The minimum atomic E-state index is -0.301. The predicted molar refractivity (Wildman–Crippen MR) is 168 cm³/mol. The number of rotatable bonds is 11. The van der Waals surface area contributed by atoms with Crippen molar-refractivity contribution in [2.24, 2.45) is 22.7 Å². The van der Waals surface area contributed by atoms with Crippen LogP contribution in [-0.2, 0) is 6.61 Å². The van der Waals surface area contributed by atoms with Crippen LogP contribution < -0.4 is 4.74 Å². The van der Waals surface area contributed by atoms with Crippen molar-refractivity contribution >= 4 is 11.4 Å². The van der Waals surface area contributed by atoms with Gasteiger partial charge in [0, 0.05) is 59.5 Å². The van der Waals surface area contributed by atoms with Crippen LogP contribution in [0.4, 0.5) is 10.1 Å². The highest BCUT2D eigenvalue weighted by molar-refractivity contribution is 5.92. The third-order valence-corrected chi connectivity index (χ3v) is 8.52. The minimum absolute atomic E-state index is 0.226. The van der Waals surface area contributed by atoms with Crippen LogP contribution in [0.15, 0.2) is 78.3 Å². The Morgan fingerprint density at radius 3 is 2.43 bits per heavy atom. The van der Waals surface area contributed by atoms with Crippen molar-refractivity contribution in [3.8, 4) is 16.9 Å². The molecule has 0 spiro atoms. The van der Waals surface area contributed by atoms with Gasteiger partial charge in [-0.15, -0.1) is 0 Å². The molecular formula is C36H41FN4O. The second-order valence-corrected chi connectivity index (χ2v) is 11.9. The van der Waals surface area contributed by atoms with E-state index in [4.69, 9.17) is 9.73 Å². The Hall–Kier alpha value is -3.93. The van der Waals surface area contributed by atoms with Gasteiger partial charge in [-0.2, -0.15) is 0 Å². The number of pyridine rings is 1. The Kier molecular flexibility index (Phi) is 9.10. The van der Waals surface area contributed by atoms with Crippen LogP contribution in [0, 0.1) is 30.5 Å². The first-order valence-corrected chi connectivity index (χ1v) is 15.1. The van der Waals surface area contributed by atoms with Gasteiger partial charge in [0.05, 0.1) is 5.69 Å². The summed E-state index contributed by atoms with van der Waals surface area (Å²) < 4.78 is 21.7. The number of ether oxygens (including phenoxy) is 1. The van der Waals surface area contributed by atoms with E-state index in [0.717, 1.165) is 41.3 Å². The molecule has 5 nitrogen and oxygen atoms in total. The number of para-hydroxylation sites is 1. The molecule has 4 aromatic rings. The summed E-state index contributed by atoms with van der Waals surface area (Å²) in [6.07, 6.45) is 8.89. The Labute approximate surface area is 249 Å². The topological polar surface area (TPSA) is 60.3 Å². The summed E-state index contributed by atoms with van der Waals surface area (Å²) in [6.45, 7) is 13.4. The molecule has 0 aliphatic heterocycles. The van der Waals surface area contributed by atoms with Gasteiger partial charge >= 0.3 is 0 Å². The number of aromatic nitrogens is 3. The molecule has 1 saturated carbocycles. The molecule has 42 heavy (non-hydrogen) atoms. The maximum atomic E-state index is 15.4. The van der Waals surface area contributed by atoms with Crippen molar-refractivity contribution in [2.45, 2.75) is 72.8 Å². The zero-order chi connectivity index (χ0) is 29.8. The van der Waals surface area contributed by atoms with Gasteiger partial charge in [0.15, 0.2) is 0 Å². The lowest BCUT2D eigenvalue weighted by molar-refractivity contribution is 0.300. The van der Waals surface area contributed by atoms with Gasteiger partial charge in [-0.05, 0) is 72.1 Å². The van der Waals surface area contributed by atoms with Crippen molar-refractivity contribution in [2.75, 3.05) is 0 Å². The molecule has 0 N–H and O–H groups in total.